The molecule has 0 aliphatic carbocycles. The van der Waals surface area contributed by atoms with Crippen LogP contribution in [0.5, 0.6) is 5.88 Å². The van der Waals surface area contributed by atoms with Crippen LogP contribution < -0.4 is 15.4 Å². The van der Waals surface area contributed by atoms with Gasteiger partial charge in [-0.25, -0.2) is 0 Å². The third-order valence-corrected chi connectivity index (χ3v) is 5.52. The molecule has 3 rings (SSSR count). The molecule has 1 saturated heterocycles. The van der Waals surface area contributed by atoms with Crippen LogP contribution in [0.1, 0.15) is 65.5 Å². The first-order valence-electron chi connectivity index (χ1n) is 13.4. The average molecular weight is 500 g/mol. The van der Waals surface area contributed by atoms with Gasteiger partial charge >= 0.3 is 0 Å². The Morgan fingerprint density at radius 1 is 1.11 bits per heavy atom. The third-order valence-electron chi connectivity index (χ3n) is 5.52. The van der Waals surface area contributed by atoms with Gasteiger partial charge in [0.1, 0.15) is 12.4 Å². The molecule has 0 radical (unpaired) electrons. The molecule has 1 aliphatic heterocycles. The summed E-state index contributed by atoms with van der Waals surface area (Å²) in [5.41, 5.74) is 9.27. The number of nitrogens with two attached hydrogens (primary N) is 1. The summed E-state index contributed by atoms with van der Waals surface area (Å²) >= 11 is 0. The Labute approximate surface area is 219 Å². The van der Waals surface area contributed by atoms with Crippen LogP contribution in [0.4, 0.5) is 11.5 Å². The molecule has 0 amide bonds. The van der Waals surface area contributed by atoms with Gasteiger partial charge in [-0.15, -0.1) is 0 Å². The van der Waals surface area contributed by atoms with Crippen molar-refractivity contribution < 1.29 is 9.47 Å². The number of anilines is 2. The third kappa shape index (κ3) is 11.9. The maximum atomic E-state index is 6.92. The van der Waals surface area contributed by atoms with E-state index in [9.17, 15) is 0 Å². The lowest BCUT2D eigenvalue weighted by molar-refractivity contribution is -0.0700. The summed E-state index contributed by atoms with van der Waals surface area (Å²) in [5.74, 6) is 1.12. The number of nitrogens with zero attached hydrogens (tertiary/aromatic N) is 3. The molecule has 0 bridgehead atoms. The van der Waals surface area contributed by atoms with E-state index in [4.69, 9.17) is 20.6 Å². The molecule has 2 heterocycles. The molecule has 1 aromatic heterocycles. The van der Waals surface area contributed by atoms with Gasteiger partial charge in [-0.05, 0) is 39.2 Å². The standard InChI is InChI=1S/C19H34N4O2.C8H9N.C2H6/c1-5-7-23(8-6-2)17-11-18(20)21-19(12-17)24-10-9-22-13-15(3)25-16(4)14-22;1-7-3-2-4-8(5-7)6-9;1-2/h11-12,15-16H,5-10,13-14H2,1-4H3,(H2,20,21);2-6,9H,1H3;1-2H3. The second kappa shape index (κ2) is 17.7. The molecule has 2 atom stereocenters. The SMILES string of the molecule is CC.CCCN(CCC)c1cc(N)nc(OCCN2CC(C)OC(C)C2)c1.Cc1cccc(C=N)c1. The minimum absolute atomic E-state index is 0.275. The summed E-state index contributed by atoms with van der Waals surface area (Å²) < 4.78 is 11.7. The highest BCUT2D eigenvalue weighted by molar-refractivity contribution is 5.76. The second-order valence-electron chi connectivity index (χ2n) is 9.00. The van der Waals surface area contributed by atoms with Crippen LogP contribution in [0.2, 0.25) is 0 Å². The number of morpholine rings is 1. The fourth-order valence-electron chi connectivity index (χ4n) is 4.18. The first-order valence-corrected chi connectivity index (χ1v) is 13.4. The number of hydrogen-bond acceptors (Lipinski definition) is 7. The normalized spacial score (nSPS) is 17.2. The monoisotopic (exact) mass is 499 g/mol. The molecule has 202 valence electrons. The topological polar surface area (TPSA) is 87.7 Å². The van der Waals surface area contributed by atoms with Crippen molar-refractivity contribution in [1.29, 1.82) is 5.41 Å². The Kier molecular flexibility index (Phi) is 15.5. The highest BCUT2D eigenvalue weighted by Gasteiger charge is 2.21. The average Bonchev–Trinajstić information content (AvgIpc) is 2.84. The van der Waals surface area contributed by atoms with Crippen molar-refractivity contribution in [3.8, 4) is 5.88 Å². The van der Waals surface area contributed by atoms with Gasteiger partial charge < -0.3 is 25.5 Å². The summed E-state index contributed by atoms with van der Waals surface area (Å²) in [6, 6.07) is 11.8. The number of aryl methyl sites for hydroxylation is 1. The lowest BCUT2D eigenvalue weighted by atomic mass is 10.2. The van der Waals surface area contributed by atoms with Crippen LogP contribution in [-0.4, -0.2) is 67.6 Å². The lowest BCUT2D eigenvalue weighted by Gasteiger charge is -2.35. The Balaban J connectivity index is 0.000000491. The summed E-state index contributed by atoms with van der Waals surface area (Å²) in [7, 11) is 0. The Morgan fingerprint density at radius 2 is 1.75 bits per heavy atom. The molecule has 7 nitrogen and oxygen atoms in total. The number of benzene rings is 1. The van der Waals surface area contributed by atoms with Crippen molar-refractivity contribution in [3.63, 3.8) is 0 Å². The molecule has 0 spiro atoms. The van der Waals surface area contributed by atoms with E-state index >= 15 is 0 Å². The van der Waals surface area contributed by atoms with Crippen LogP contribution in [-0.2, 0) is 4.74 Å². The zero-order chi connectivity index (χ0) is 26.9. The van der Waals surface area contributed by atoms with Gasteiger partial charge in [0.05, 0.1) is 12.2 Å². The quantitative estimate of drug-likeness (QED) is 0.402. The number of nitrogen functional groups attached to an aromatic ring is 1. The minimum Gasteiger partial charge on any atom is -0.476 e. The molecule has 2 aromatic rings. The van der Waals surface area contributed by atoms with Gasteiger partial charge in [0.25, 0.3) is 0 Å². The van der Waals surface area contributed by atoms with Crippen LogP contribution in [0.15, 0.2) is 36.4 Å². The largest absolute Gasteiger partial charge is 0.476 e. The van der Waals surface area contributed by atoms with E-state index in [1.807, 2.05) is 57.2 Å². The second-order valence-corrected chi connectivity index (χ2v) is 9.00. The number of hydrogen-bond donors (Lipinski definition) is 2. The maximum absolute atomic E-state index is 6.92. The van der Waals surface area contributed by atoms with Gasteiger partial charge in [0.2, 0.25) is 5.88 Å². The number of pyridine rings is 1. The number of aromatic nitrogens is 1. The fraction of sp³-hybridized carbons (Fsp3) is 0.586. The van der Waals surface area contributed by atoms with Gasteiger partial charge in [0.15, 0.2) is 0 Å². The van der Waals surface area contributed by atoms with Crippen molar-refractivity contribution in [2.45, 2.75) is 73.5 Å². The highest BCUT2D eigenvalue weighted by Crippen LogP contribution is 2.23. The Bertz CT molecular complexity index is 860. The summed E-state index contributed by atoms with van der Waals surface area (Å²) in [6.07, 6.45) is 4.11. The van der Waals surface area contributed by atoms with Crippen LogP contribution in [0.3, 0.4) is 0 Å². The fourth-order valence-corrected chi connectivity index (χ4v) is 4.18. The van der Waals surface area contributed by atoms with Crippen LogP contribution >= 0.6 is 0 Å². The van der Waals surface area contributed by atoms with E-state index in [1.165, 1.54) is 11.8 Å². The van der Waals surface area contributed by atoms with E-state index in [0.717, 1.165) is 56.8 Å². The van der Waals surface area contributed by atoms with E-state index < -0.39 is 0 Å². The van der Waals surface area contributed by atoms with Crippen molar-refractivity contribution in [3.05, 3.63) is 47.5 Å². The first kappa shape index (κ1) is 31.4. The molecule has 7 heteroatoms. The summed E-state index contributed by atoms with van der Waals surface area (Å²) in [4.78, 5) is 9.06. The van der Waals surface area contributed by atoms with Crippen LogP contribution in [0, 0.1) is 12.3 Å². The number of nitrogens with one attached hydrogen (secondary N) is 1. The Hall–Kier alpha value is -2.64. The van der Waals surface area contributed by atoms with Crippen molar-refractivity contribution in [2.75, 3.05) is 50.0 Å². The van der Waals surface area contributed by atoms with Crippen molar-refractivity contribution in [2.24, 2.45) is 0 Å². The summed E-state index contributed by atoms with van der Waals surface area (Å²) in [5, 5.41) is 6.92. The molecule has 0 saturated carbocycles. The van der Waals surface area contributed by atoms with E-state index in [1.54, 1.807) is 0 Å². The number of rotatable bonds is 10. The van der Waals surface area contributed by atoms with Gasteiger partial charge in [0, 0.05) is 56.8 Å². The Morgan fingerprint density at radius 3 is 2.28 bits per heavy atom. The van der Waals surface area contributed by atoms with E-state index in [-0.39, 0.29) is 12.2 Å². The molecule has 3 N–H and O–H groups in total. The van der Waals surface area contributed by atoms with Crippen LogP contribution in [0.25, 0.3) is 0 Å². The first-order chi connectivity index (χ1) is 17.3. The molecule has 2 unspecified atom stereocenters. The van der Waals surface area contributed by atoms with Gasteiger partial charge in [-0.2, -0.15) is 4.98 Å². The van der Waals surface area contributed by atoms with Crippen molar-refractivity contribution >= 4 is 17.7 Å². The lowest BCUT2D eigenvalue weighted by Crippen LogP contribution is -2.46. The van der Waals surface area contributed by atoms with Crippen molar-refractivity contribution in [1.82, 2.24) is 9.88 Å². The molecule has 36 heavy (non-hydrogen) atoms. The smallest absolute Gasteiger partial charge is 0.217 e. The van der Waals surface area contributed by atoms with Gasteiger partial charge in [-0.3, -0.25) is 4.90 Å². The molecule has 1 aromatic carbocycles. The predicted molar refractivity (Wildman–Crippen MR) is 154 cm³/mol. The highest BCUT2D eigenvalue weighted by atomic mass is 16.5. The maximum Gasteiger partial charge on any atom is 0.217 e. The van der Waals surface area contributed by atoms with E-state index in [0.29, 0.717) is 18.3 Å². The molecular weight excluding hydrogens is 450 g/mol. The zero-order valence-electron chi connectivity index (χ0n) is 23.6. The summed E-state index contributed by atoms with van der Waals surface area (Å²) in [6.45, 7) is 20.0. The van der Waals surface area contributed by atoms with E-state index in [2.05, 4.69) is 42.5 Å². The molecule has 1 fully saturated rings. The molecule has 1 aliphatic rings. The number of ether oxygens (including phenoxy) is 2. The minimum atomic E-state index is 0.275. The van der Waals surface area contributed by atoms with Gasteiger partial charge in [-0.1, -0.05) is 57.5 Å². The molecular formula is C29H49N5O2. The predicted octanol–water partition coefficient (Wildman–Crippen LogP) is 5.80. The zero-order valence-corrected chi connectivity index (χ0v) is 23.6.